The molecule has 0 atom stereocenters. The standard InChI is InChI=1S/C14H20N2O3/c1-18-12-7-10(6-11(15)8-12)13(17)16-9-14(19-2)4-3-5-14/h6-8H,3-5,9,15H2,1-2H3,(H,16,17). The van der Waals surface area contributed by atoms with E-state index in [4.69, 9.17) is 15.2 Å². The van der Waals surface area contributed by atoms with Crippen LogP contribution in [0, 0.1) is 0 Å². The van der Waals surface area contributed by atoms with E-state index < -0.39 is 0 Å². The van der Waals surface area contributed by atoms with Gasteiger partial charge in [0.2, 0.25) is 0 Å². The molecule has 2 rings (SSSR count). The van der Waals surface area contributed by atoms with Crippen LogP contribution in [0.15, 0.2) is 18.2 Å². The van der Waals surface area contributed by atoms with Gasteiger partial charge in [0.05, 0.1) is 12.7 Å². The Morgan fingerprint density at radius 1 is 1.37 bits per heavy atom. The highest BCUT2D eigenvalue weighted by Gasteiger charge is 2.37. The Morgan fingerprint density at radius 3 is 2.63 bits per heavy atom. The largest absolute Gasteiger partial charge is 0.497 e. The Bertz CT molecular complexity index is 464. The lowest BCUT2D eigenvalue weighted by Gasteiger charge is -2.40. The van der Waals surface area contributed by atoms with Gasteiger partial charge in [-0.05, 0) is 31.4 Å². The third-order valence-corrected chi connectivity index (χ3v) is 3.70. The van der Waals surface area contributed by atoms with Gasteiger partial charge in [0.15, 0.2) is 0 Å². The van der Waals surface area contributed by atoms with Crippen LogP contribution in [0.25, 0.3) is 0 Å². The first-order valence-electron chi connectivity index (χ1n) is 6.36. The fraction of sp³-hybridized carbons (Fsp3) is 0.500. The van der Waals surface area contributed by atoms with Crippen molar-refractivity contribution in [2.75, 3.05) is 26.5 Å². The number of rotatable bonds is 5. The molecule has 0 spiro atoms. The van der Waals surface area contributed by atoms with Crippen molar-refractivity contribution in [3.63, 3.8) is 0 Å². The molecule has 0 radical (unpaired) electrons. The van der Waals surface area contributed by atoms with Crippen molar-refractivity contribution in [3.05, 3.63) is 23.8 Å². The van der Waals surface area contributed by atoms with Gasteiger partial charge in [-0.15, -0.1) is 0 Å². The summed E-state index contributed by atoms with van der Waals surface area (Å²) in [5.74, 6) is 0.421. The zero-order valence-electron chi connectivity index (χ0n) is 11.4. The van der Waals surface area contributed by atoms with Gasteiger partial charge in [-0.2, -0.15) is 0 Å². The summed E-state index contributed by atoms with van der Waals surface area (Å²) in [6.45, 7) is 0.527. The number of anilines is 1. The second-order valence-corrected chi connectivity index (χ2v) is 4.92. The first-order chi connectivity index (χ1) is 9.08. The Kier molecular flexibility index (Phi) is 3.95. The summed E-state index contributed by atoms with van der Waals surface area (Å²) in [4.78, 5) is 12.1. The van der Waals surface area contributed by atoms with Gasteiger partial charge in [0.25, 0.3) is 5.91 Å². The van der Waals surface area contributed by atoms with Crippen molar-refractivity contribution >= 4 is 11.6 Å². The molecule has 1 aromatic rings. The van der Waals surface area contributed by atoms with E-state index in [0.717, 1.165) is 19.3 Å². The van der Waals surface area contributed by atoms with E-state index in [0.29, 0.717) is 23.5 Å². The van der Waals surface area contributed by atoms with E-state index in [-0.39, 0.29) is 11.5 Å². The third kappa shape index (κ3) is 2.98. The highest BCUT2D eigenvalue weighted by Crippen LogP contribution is 2.34. The highest BCUT2D eigenvalue weighted by atomic mass is 16.5. The van der Waals surface area contributed by atoms with Crippen LogP contribution in [0.5, 0.6) is 5.75 Å². The van der Waals surface area contributed by atoms with E-state index in [9.17, 15) is 4.79 Å². The Labute approximate surface area is 113 Å². The minimum absolute atomic E-state index is 0.158. The normalized spacial score (nSPS) is 16.5. The molecule has 1 fully saturated rings. The predicted molar refractivity (Wildman–Crippen MR) is 73.3 cm³/mol. The zero-order chi connectivity index (χ0) is 13.9. The van der Waals surface area contributed by atoms with Gasteiger partial charge in [0, 0.05) is 31.0 Å². The summed E-state index contributed by atoms with van der Waals surface area (Å²) in [7, 11) is 3.24. The van der Waals surface area contributed by atoms with Crippen molar-refractivity contribution in [3.8, 4) is 5.75 Å². The van der Waals surface area contributed by atoms with Gasteiger partial charge < -0.3 is 20.5 Å². The molecule has 3 N–H and O–H groups in total. The summed E-state index contributed by atoms with van der Waals surface area (Å²) in [6.07, 6.45) is 3.13. The van der Waals surface area contributed by atoms with Crippen LogP contribution in [-0.4, -0.2) is 32.3 Å². The fourth-order valence-corrected chi connectivity index (χ4v) is 2.24. The summed E-state index contributed by atoms with van der Waals surface area (Å²) in [5.41, 5.74) is 6.56. The Balaban J connectivity index is 2.01. The maximum atomic E-state index is 12.1. The van der Waals surface area contributed by atoms with E-state index in [1.54, 1.807) is 32.4 Å². The number of hydrogen-bond donors (Lipinski definition) is 2. The molecule has 1 amide bonds. The molecule has 0 heterocycles. The molecular formula is C14H20N2O3. The van der Waals surface area contributed by atoms with Gasteiger partial charge in [-0.25, -0.2) is 0 Å². The van der Waals surface area contributed by atoms with Crippen LogP contribution in [0.1, 0.15) is 29.6 Å². The molecule has 1 aliphatic carbocycles. The van der Waals surface area contributed by atoms with Gasteiger partial charge in [0.1, 0.15) is 5.75 Å². The first kappa shape index (κ1) is 13.7. The number of methoxy groups -OCH3 is 2. The van der Waals surface area contributed by atoms with Crippen molar-refractivity contribution in [1.82, 2.24) is 5.32 Å². The second kappa shape index (κ2) is 5.48. The quantitative estimate of drug-likeness (QED) is 0.792. The minimum atomic E-state index is -0.180. The molecule has 0 bridgehead atoms. The number of hydrogen-bond acceptors (Lipinski definition) is 4. The van der Waals surface area contributed by atoms with Crippen molar-refractivity contribution < 1.29 is 14.3 Å². The number of ether oxygens (including phenoxy) is 2. The van der Waals surface area contributed by atoms with Crippen LogP contribution >= 0.6 is 0 Å². The number of nitrogens with one attached hydrogen (secondary N) is 1. The van der Waals surface area contributed by atoms with Gasteiger partial charge in [-0.1, -0.05) is 0 Å². The third-order valence-electron chi connectivity index (χ3n) is 3.70. The number of nitrogens with two attached hydrogens (primary N) is 1. The molecular weight excluding hydrogens is 244 g/mol. The number of carbonyl (C=O) groups excluding carboxylic acids is 1. The van der Waals surface area contributed by atoms with Crippen LogP contribution in [0.3, 0.4) is 0 Å². The van der Waals surface area contributed by atoms with Crippen LogP contribution in [0.2, 0.25) is 0 Å². The molecule has 0 aliphatic heterocycles. The van der Waals surface area contributed by atoms with Crippen LogP contribution in [0.4, 0.5) is 5.69 Å². The lowest BCUT2D eigenvalue weighted by Crippen LogP contribution is -2.49. The zero-order valence-corrected chi connectivity index (χ0v) is 11.4. The van der Waals surface area contributed by atoms with Crippen molar-refractivity contribution in [2.45, 2.75) is 24.9 Å². The molecule has 1 aromatic carbocycles. The molecule has 0 unspecified atom stereocenters. The number of amides is 1. The number of carbonyl (C=O) groups is 1. The van der Waals surface area contributed by atoms with Gasteiger partial charge >= 0.3 is 0 Å². The average molecular weight is 264 g/mol. The number of nitrogen functional groups attached to an aromatic ring is 1. The van der Waals surface area contributed by atoms with E-state index in [1.165, 1.54) is 0 Å². The molecule has 104 valence electrons. The molecule has 5 nitrogen and oxygen atoms in total. The predicted octanol–water partition coefficient (Wildman–Crippen LogP) is 1.58. The maximum absolute atomic E-state index is 12.1. The number of benzene rings is 1. The molecule has 1 saturated carbocycles. The van der Waals surface area contributed by atoms with Crippen molar-refractivity contribution in [1.29, 1.82) is 0 Å². The lowest BCUT2D eigenvalue weighted by atomic mass is 9.80. The topological polar surface area (TPSA) is 73.6 Å². The van der Waals surface area contributed by atoms with Crippen LogP contribution in [-0.2, 0) is 4.74 Å². The fourth-order valence-electron chi connectivity index (χ4n) is 2.24. The second-order valence-electron chi connectivity index (χ2n) is 4.92. The summed E-state index contributed by atoms with van der Waals surface area (Å²) < 4.78 is 10.6. The smallest absolute Gasteiger partial charge is 0.251 e. The SMILES string of the molecule is COc1cc(N)cc(C(=O)NCC2(OC)CCC2)c1. The molecule has 0 saturated heterocycles. The van der Waals surface area contributed by atoms with E-state index in [2.05, 4.69) is 5.32 Å². The summed E-state index contributed by atoms with van der Waals surface area (Å²) in [6, 6.07) is 4.99. The minimum Gasteiger partial charge on any atom is -0.497 e. The van der Waals surface area contributed by atoms with Crippen LogP contribution < -0.4 is 15.8 Å². The average Bonchev–Trinajstić information content (AvgIpc) is 2.37. The summed E-state index contributed by atoms with van der Waals surface area (Å²) >= 11 is 0. The lowest BCUT2D eigenvalue weighted by molar-refractivity contribution is -0.0679. The molecule has 0 aromatic heterocycles. The highest BCUT2D eigenvalue weighted by molar-refractivity contribution is 5.95. The van der Waals surface area contributed by atoms with Crippen molar-refractivity contribution in [2.24, 2.45) is 0 Å². The van der Waals surface area contributed by atoms with E-state index >= 15 is 0 Å². The first-order valence-corrected chi connectivity index (χ1v) is 6.36. The molecule has 19 heavy (non-hydrogen) atoms. The summed E-state index contributed by atoms with van der Waals surface area (Å²) in [5, 5.41) is 2.90. The van der Waals surface area contributed by atoms with E-state index in [1.807, 2.05) is 0 Å². The Morgan fingerprint density at radius 2 is 2.11 bits per heavy atom. The molecule has 1 aliphatic rings. The monoisotopic (exact) mass is 264 g/mol. The molecule has 5 heteroatoms. The Hall–Kier alpha value is -1.75. The maximum Gasteiger partial charge on any atom is 0.251 e. The van der Waals surface area contributed by atoms with Gasteiger partial charge in [-0.3, -0.25) is 4.79 Å².